The van der Waals surface area contributed by atoms with Gasteiger partial charge in [-0.1, -0.05) is 12.1 Å². The summed E-state index contributed by atoms with van der Waals surface area (Å²) < 4.78 is 23.6. The van der Waals surface area contributed by atoms with Crippen LogP contribution in [-0.2, 0) is 17.3 Å². The van der Waals surface area contributed by atoms with Crippen LogP contribution in [-0.4, -0.2) is 22.3 Å². The van der Waals surface area contributed by atoms with E-state index in [4.69, 9.17) is 0 Å². The second-order valence-corrected chi connectivity index (χ2v) is 5.37. The fourth-order valence-electron chi connectivity index (χ4n) is 1.14. The summed E-state index contributed by atoms with van der Waals surface area (Å²) in [5.41, 5.74) is 1.03. The Morgan fingerprint density at radius 3 is 2.53 bits per heavy atom. The van der Waals surface area contributed by atoms with Gasteiger partial charge in [-0.25, -0.2) is 4.39 Å². The molecule has 2 nitrogen and oxygen atoms in total. The van der Waals surface area contributed by atoms with E-state index in [0.29, 0.717) is 13.1 Å². The van der Waals surface area contributed by atoms with E-state index in [1.54, 1.807) is 18.4 Å². The number of benzene rings is 1. The van der Waals surface area contributed by atoms with Crippen molar-refractivity contribution in [3.63, 3.8) is 0 Å². The van der Waals surface area contributed by atoms with Gasteiger partial charge in [0.05, 0.1) is 0 Å². The van der Waals surface area contributed by atoms with E-state index in [0.717, 1.165) is 5.56 Å². The van der Waals surface area contributed by atoms with Crippen LogP contribution in [0.4, 0.5) is 4.39 Å². The first-order valence-electron chi connectivity index (χ1n) is 4.87. The molecule has 2 unspecified atom stereocenters. The maximum absolute atomic E-state index is 12.6. The molecule has 0 bridgehead atoms. The molecule has 0 amide bonds. The van der Waals surface area contributed by atoms with Crippen LogP contribution in [0.3, 0.4) is 0 Å². The van der Waals surface area contributed by atoms with Gasteiger partial charge in [0.25, 0.3) is 0 Å². The molecular weight excluding hydrogens is 213 g/mol. The molecule has 1 rings (SSSR count). The van der Waals surface area contributed by atoms with Crippen LogP contribution >= 0.6 is 0 Å². The van der Waals surface area contributed by atoms with Gasteiger partial charge >= 0.3 is 0 Å². The summed E-state index contributed by atoms with van der Waals surface area (Å²) in [5.74, 6) is -0.221. The van der Waals surface area contributed by atoms with Gasteiger partial charge in [-0.05, 0) is 24.6 Å². The third-order valence-electron chi connectivity index (χ3n) is 2.24. The summed E-state index contributed by atoms with van der Waals surface area (Å²) >= 11 is 0. The third-order valence-corrected chi connectivity index (χ3v) is 3.54. The Labute approximate surface area is 92.3 Å². The van der Waals surface area contributed by atoms with Crippen molar-refractivity contribution < 1.29 is 8.60 Å². The first kappa shape index (κ1) is 12.3. The van der Waals surface area contributed by atoms with Crippen molar-refractivity contribution in [2.45, 2.75) is 18.7 Å². The zero-order valence-electron chi connectivity index (χ0n) is 9.00. The molecule has 1 aromatic carbocycles. The van der Waals surface area contributed by atoms with Crippen molar-refractivity contribution in [3.05, 3.63) is 35.6 Å². The van der Waals surface area contributed by atoms with Crippen LogP contribution in [0.5, 0.6) is 0 Å². The summed E-state index contributed by atoms with van der Waals surface area (Å²) in [6, 6.07) is 6.38. The second-order valence-electron chi connectivity index (χ2n) is 3.57. The molecule has 2 atom stereocenters. The first-order chi connectivity index (χ1) is 7.09. The van der Waals surface area contributed by atoms with E-state index >= 15 is 0 Å². The standard InChI is InChI=1S/C11H16FNOS/c1-9(15(2)14)7-13-8-10-3-5-11(12)6-4-10/h3-6,9,13H,7-8H2,1-2H3. The molecule has 0 saturated carbocycles. The largest absolute Gasteiger partial charge is 0.311 e. The van der Waals surface area contributed by atoms with Crippen LogP contribution < -0.4 is 5.32 Å². The highest BCUT2D eigenvalue weighted by Gasteiger charge is 2.04. The predicted molar refractivity (Wildman–Crippen MR) is 61.6 cm³/mol. The molecule has 0 aliphatic carbocycles. The highest BCUT2D eigenvalue weighted by molar-refractivity contribution is 7.84. The number of rotatable bonds is 5. The van der Waals surface area contributed by atoms with Crippen LogP contribution in [0.25, 0.3) is 0 Å². The van der Waals surface area contributed by atoms with Gasteiger partial charge in [-0.15, -0.1) is 0 Å². The maximum atomic E-state index is 12.6. The third kappa shape index (κ3) is 4.53. The quantitative estimate of drug-likeness (QED) is 0.832. The van der Waals surface area contributed by atoms with Gasteiger partial charge in [-0.2, -0.15) is 0 Å². The lowest BCUT2D eigenvalue weighted by Crippen LogP contribution is -2.27. The molecule has 1 aromatic rings. The van der Waals surface area contributed by atoms with E-state index in [1.807, 2.05) is 6.92 Å². The first-order valence-corrected chi connectivity index (χ1v) is 6.49. The highest BCUT2D eigenvalue weighted by Crippen LogP contribution is 2.02. The molecule has 15 heavy (non-hydrogen) atoms. The number of hydrogen-bond donors (Lipinski definition) is 1. The average Bonchev–Trinajstić information content (AvgIpc) is 2.20. The summed E-state index contributed by atoms with van der Waals surface area (Å²) in [5, 5.41) is 3.33. The molecule has 0 fully saturated rings. The van der Waals surface area contributed by atoms with E-state index in [-0.39, 0.29) is 11.1 Å². The molecular formula is C11H16FNOS. The van der Waals surface area contributed by atoms with Crippen molar-refractivity contribution >= 4 is 10.8 Å². The van der Waals surface area contributed by atoms with Gasteiger partial charge in [-0.3, -0.25) is 4.21 Å². The van der Waals surface area contributed by atoms with Gasteiger partial charge in [0.15, 0.2) is 0 Å². The zero-order valence-corrected chi connectivity index (χ0v) is 9.81. The van der Waals surface area contributed by atoms with Crippen molar-refractivity contribution in [1.82, 2.24) is 5.32 Å². The zero-order chi connectivity index (χ0) is 11.3. The Hall–Kier alpha value is -0.740. The predicted octanol–water partition coefficient (Wildman–Crippen LogP) is 1.68. The fourth-order valence-corrected chi connectivity index (χ4v) is 1.49. The molecule has 0 aliphatic rings. The number of halogens is 1. The van der Waals surface area contributed by atoms with Gasteiger partial charge in [0, 0.05) is 35.4 Å². The molecule has 0 aromatic heterocycles. The minimum absolute atomic E-state index is 0.144. The van der Waals surface area contributed by atoms with Crippen molar-refractivity contribution in [3.8, 4) is 0 Å². The summed E-state index contributed by atoms with van der Waals surface area (Å²) in [6.07, 6.45) is 1.70. The molecule has 84 valence electrons. The van der Waals surface area contributed by atoms with Gasteiger partial charge < -0.3 is 5.32 Å². The minimum atomic E-state index is -0.794. The lowest BCUT2D eigenvalue weighted by molar-refractivity contribution is 0.623. The van der Waals surface area contributed by atoms with Gasteiger partial charge in [0.2, 0.25) is 0 Å². The van der Waals surface area contributed by atoms with E-state index < -0.39 is 10.8 Å². The summed E-state index contributed by atoms with van der Waals surface area (Å²) in [6.45, 7) is 3.33. The molecule has 0 radical (unpaired) electrons. The van der Waals surface area contributed by atoms with Crippen LogP contribution in [0.2, 0.25) is 0 Å². The Bertz CT molecular complexity index is 326. The topological polar surface area (TPSA) is 29.1 Å². The highest BCUT2D eigenvalue weighted by atomic mass is 32.2. The van der Waals surface area contributed by atoms with E-state index in [1.165, 1.54) is 12.1 Å². The number of nitrogens with one attached hydrogen (secondary N) is 1. The Balaban J connectivity index is 2.32. The smallest absolute Gasteiger partial charge is 0.123 e. The Morgan fingerprint density at radius 1 is 1.40 bits per heavy atom. The maximum Gasteiger partial charge on any atom is 0.123 e. The van der Waals surface area contributed by atoms with E-state index in [9.17, 15) is 8.60 Å². The fraction of sp³-hybridized carbons (Fsp3) is 0.455. The molecule has 0 spiro atoms. The normalized spacial score (nSPS) is 14.9. The van der Waals surface area contributed by atoms with Crippen molar-refractivity contribution in [2.75, 3.05) is 12.8 Å². The SMILES string of the molecule is CC(CNCc1ccc(F)cc1)S(C)=O. The molecule has 4 heteroatoms. The van der Waals surface area contributed by atoms with Crippen molar-refractivity contribution in [1.29, 1.82) is 0 Å². The molecule has 0 heterocycles. The summed E-state index contributed by atoms with van der Waals surface area (Å²) in [7, 11) is -0.794. The molecule has 0 saturated heterocycles. The minimum Gasteiger partial charge on any atom is -0.311 e. The average molecular weight is 229 g/mol. The van der Waals surface area contributed by atoms with Crippen LogP contribution in [0, 0.1) is 5.82 Å². The van der Waals surface area contributed by atoms with Crippen LogP contribution in [0.15, 0.2) is 24.3 Å². The Kier molecular flexibility index (Phi) is 4.91. The van der Waals surface area contributed by atoms with E-state index in [2.05, 4.69) is 5.32 Å². The van der Waals surface area contributed by atoms with Crippen LogP contribution in [0.1, 0.15) is 12.5 Å². The Morgan fingerprint density at radius 2 is 2.00 bits per heavy atom. The lowest BCUT2D eigenvalue weighted by Gasteiger charge is -2.09. The second kappa shape index (κ2) is 5.98. The molecule has 0 aliphatic heterocycles. The number of hydrogen-bond acceptors (Lipinski definition) is 2. The van der Waals surface area contributed by atoms with Gasteiger partial charge in [0.1, 0.15) is 5.82 Å². The summed E-state index contributed by atoms with van der Waals surface area (Å²) in [4.78, 5) is 0. The van der Waals surface area contributed by atoms with Crippen molar-refractivity contribution in [2.24, 2.45) is 0 Å². The monoisotopic (exact) mass is 229 g/mol. The molecule has 1 N–H and O–H groups in total. The lowest BCUT2D eigenvalue weighted by atomic mass is 10.2.